The number of amides is 1. The number of rotatable bonds is 9. The third-order valence-corrected chi connectivity index (χ3v) is 6.65. The summed E-state index contributed by atoms with van der Waals surface area (Å²) in [5, 5.41) is 0.592. The third-order valence-electron chi connectivity index (χ3n) is 5.67. The zero-order valence-corrected chi connectivity index (χ0v) is 20.8. The molecular formula is C28H26F2N2O3S. The van der Waals surface area contributed by atoms with Gasteiger partial charge in [0.15, 0.2) is 5.17 Å². The number of ether oxygens (including phenoxy) is 2. The summed E-state index contributed by atoms with van der Waals surface area (Å²) in [6.07, 6.45) is 3.34. The molecule has 0 aromatic heterocycles. The van der Waals surface area contributed by atoms with Gasteiger partial charge in [0.2, 0.25) is 0 Å². The number of amidine groups is 1. The van der Waals surface area contributed by atoms with Crippen molar-refractivity contribution in [1.29, 1.82) is 0 Å². The zero-order chi connectivity index (χ0) is 25.5. The molecule has 8 heteroatoms. The van der Waals surface area contributed by atoms with Crippen LogP contribution >= 0.6 is 11.8 Å². The Labute approximate surface area is 213 Å². The molecule has 0 bridgehead atoms. The van der Waals surface area contributed by atoms with Gasteiger partial charge in [0, 0.05) is 6.04 Å². The average molecular weight is 509 g/mol. The smallest absolute Gasteiger partial charge is 0.387 e. The maximum Gasteiger partial charge on any atom is 0.387 e. The molecule has 5 nitrogen and oxygen atoms in total. The molecule has 1 aliphatic rings. The summed E-state index contributed by atoms with van der Waals surface area (Å²) < 4.78 is 34.5. The molecule has 1 atom stereocenters. The monoisotopic (exact) mass is 508 g/mol. The molecule has 1 saturated heterocycles. The number of carbonyl (C=O) groups is 1. The minimum Gasteiger partial charge on any atom is -0.497 e. The van der Waals surface area contributed by atoms with E-state index in [-0.39, 0.29) is 17.7 Å². The summed E-state index contributed by atoms with van der Waals surface area (Å²) in [5.41, 5.74) is 2.62. The predicted molar refractivity (Wildman–Crippen MR) is 140 cm³/mol. The number of thioether (sulfide) groups is 1. The number of hydrogen-bond acceptors (Lipinski definition) is 5. The summed E-state index contributed by atoms with van der Waals surface area (Å²) >= 11 is 1.30. The number of aryl methyl sites for hydroxylation is 1. The van der Waals surface area contributed by atoms with Crippen LogP contribution in [-0.2, 0) is 11.2 Å². The van der Waals surface area contributed by atoms with Crippen molar-refractivity contribution in [1.82, 2.24) is 4.90 Å². The normalized spacial score (nSPS) is 16.7. The minimum atomic E-state index is -2.89. The van der Waals surface area contributed by atoms with Gasteiger partial charge in [0.1, 0.15) is 11.5 Å². The standard InChI is InChI=1S/C28H26F2N2O3S/c1-19(8-9-20-6-4-3-5-7-20)32-26(33)25(18-21-10-14-24(15-11-21)35-27(29)30)36-28(32)31-22-12-16-23(34-2)17-13-22/h3-7,10-19,27H,8-9H2,1-2H3/b25-18+,31-28?/t19-/m1/s1. The van der Waals surface area contributed by atoms with E-state index in [2.05, 4.69) is 16.9 Å². The zero-order valence-electron chi connectivity index (χ0n) is 19.9. The highest BCUT2D eigenvalue weighted by Gasteiger charge is 2.36. The van der Waals surface area contributed by atoms with E-state index in [4.69, 9.17) is 9.73 Å². The molecule has 1 amide bonds. The lowest BCUT2D eigenvalue weighted by Gasteiger charge is -2.24. The molecule has 1 aliphatic heterocycles. The second kappa shape index (κ2) is 11.9. The summed E-state index contributed by atoms with van der Waals surface area (Å²) in [6, 6.07) is 23.6. The summed E-state index contributed by atoms with van der Waals surface area (Å²) in [7, 11) is 1.60. The number of methoxy groups -OCH3 is 1. The lowest BCUT2D eigenvalue weighted by Crippen LogP contribution is -2.37. The summed E-state index contributed by atoms with van der Waals surface area (Å²) in [5.74, 6) is 0.651. The number of alkyl halides is 2. The first-order valence-corrected chi connectivity index (χ1v) is 12.3. The maximum atomic E-state index is 13.5. The van der Waals surface area contributed by atoms with Crippen molar-refractivity contribution in [2.45, 2.75) is 32.4 Å². The molecule has 0 unspecified atom stereocenters. The van der Waals surface area contributed by atoms with E-state index in [1.54, 1.807) is 30.2 Å². The van der Waals surface area contributed by atoms with Crippen LogP contribution in [0.2, 0.25) is 0 Å². The van der Waals surface area contributed by atoms with E-state index in [1.807, 2.05) is 49.4 Å². The van der Waals surface area contributed by atoms with Crippen molar-refractivity contribution in [3.63, 3.8) is 0 Å². The van der Waals surface area contributed by atoms with Gasteiger partial charge in [-0.2, -0.15) is 8.78 Å². The maximum absolute atomic E-state index is 13.5. The first-order chi connectivity index (χ1) is 17.4. The molecule has 36 heavy (non-hydrogen) atoms. The van der Waals surface area contributed by atoms with Gasteiger partial charge in [-0.05, 0) is 85.1 Å². The highest BCUT2D eigenvalue weighted by atomic mass is 32.2. The predicted octanol–water partition coefficient (Wildman–Crippen LogP) is 6.92. The van der Waals surface area contributed by atoms with E-state index in [0.717, 1.165) is 18.6 Å². The van der Waals surface area contributed by atoms with Crippen LogP contribution in [0.5, 0.6) is 11.5 Å². The Balaban J connectivity index is 1.59. The Bertz CT molecular complexity index is 1230. The van der Waals surface area contributed by atoms with Crippen molar-refractivity contribution in [3.8, 4) is 11.5 Å². The second-order valence-electron chi connectivity index (χ2n) is 8.20. The van der Waals surface area contributed by atoms with Gasteiger partial charge in [-0.15, -0.1) is 0 Å². The van der Waals surface area contributed by atoms with Crippen LogP contribution in [-0.4, -0.2) is 35.7 Å². The molecule has 0 radical (unpaired) electrons. The van der Waals surface area contributed by atoms with Crippen LogP contribution in [0, 0.1) is 0 Å². The minimum absolute atomic E-state index is 0.0652. The number of nitrogens with zero attached hydrogens (tertiary/aromatic N) is 2. The van der Waals surface area contributed by atoms with Crippen LogP contribution in [0.4, 0.5) is 14.5 Å². The largest absolute Gasteiger partial charge is 0.497 e. The van der Waals surface area contributed by atoms with E-state index in [9.17, 15) is 13.6 Å². The number of hydrogen-bond donors (Lipinski definition) is 0. The van der Waals surface area contributed by atoms with Crippen LogP contribution in [0.3, 0.4) is 0 Å². The van der Waals surface area contributed by atoms with Crippen molar-refractivity contribution >= 4 is 34.6 Å². The van der Waals surface area contributed by atoms with Crippen LogP contribution in [0.25, 0.3) is 6.08 Å². The summed E-state index contributed by atoms with van der Waals surface area (Å²) in [4.78, 5) is 20.5. The molecule has 0 N–H and O–H groups in total. The molecule has 0 saturated carbocycles. The van der Waals surface area contributed by atoms with Crippen molar-refractivity contribution < 1.29 is 23.0 Å². The first kappa shape index (κ1) is 25.4. The number of aliphatic imine (C=N–C) groups is 1. The molecule has 1 fully saturated rings. The number of carbonyl (C=O) groups excluding carboxylic acids is 1. The van der Waals surface area contributed by atoms with Gasteiger partial charge in [-0.3, -0.25) is 9.69 Å². The fourth-order valence-corrected chi connectivity index (χ4v) is 4.86. The van der Waals surface area contributed by atoms with Gasteiger partial charge >= 0.3 is 6.61 Å². The quantitative estimate of drug-likeness (QED) is 0.294. The molecular weight excluding hydrogens is 482 g/mol. The Hall–Kier alpha value is -3.65. The Morgan fingerprint density at radius 2 is 1.64 bits per heavy atom. The Morgan fingerprint density at radius 1 is 0.972 bits per heavy atom. The molecule has 3 aromatic carbocycles. The molecule has 186 valence electrons. The van der Waals surface area contributed by atoms with Crippen LogP contribution in [0.15, 0.2) is 88.8 Å². The highest BCUT2D eigenvalue weighted by molar-refractivity contribution is 8.18. The Morgan fingerprint density at radius 3 is 2.28 bits per heavy atom. The van der Waals surface area contributed by atoms with Crippen molar-refractivity contribution in [2.24, 2.45) is 4.99 Å². The second-order valence-corrected chi connectivity index (χ2v) is 9.21. The molecule has 0 aliphatic carbocycles. The van der Waals surface area contributed by atoms with E-state index in [1.165, 1.54) is 29.5 Å². The number of halogens is 2. The lowest BCUT2D eigenvalue weighted by molar-refractivity contribution is -0.123. The molecule has 3 aromatic rings. The molecule has 1 heterocycles. The van der Waals surface area contributed by atoms with Crippen molar-refractivity contribution in [2.75, 3.05) is 7.11 Å². The van der Waals surface area contributed by atoms with Gasteiger partial charge < -0.3 is 9.47 Å². The fraction of sp³-hybridized carbons (Fsp3) is 0.214. The van der Waals surface area contributed by atoms with Gasteiger partial charge in [0.05, 0.1) is 17.7 Å². The summed E-state index contributed by atoms with van der Waals surface area (Å²) in [6.45, 7) is -0.867. The van der Waals surface area contributed by atoms with Crippen molar-refractivity contribution in [3.05, 3.63) is 94.9 Å². The molecule has 4 rings (SSSR count). The average Bonchev–Trinajstić information content (AvgIpc) is 3.18. The van der Waals surface area contributed by atoms with E-state index in [0.29, 0.717) is 21.3 Å². The van der Waals surface area contributed by atoms with Crippen LogP contribution < -0.4 is 9.47 Å². The SMILES string of the molecule is COc1ccc(N=C2S/C(=C/c3ccc(OC(F)F)cc3)C(=O)N2[C@H](C)CCc2ccccc2)cc1. The topological polar surface area (TPSA) is 51.1 Å². The Kier molecular flexibility index (Phi) is 8.38. The number of benzene rings is 3. The van der Waals surface area contributed by atoms with Gasteiger partial charge in [-0.25, -0.2) is 4.99 Å². The van der Waals surface area contributed by atoms with Gasteiger partial charge in [-0.1, -0.05) is 42.5 Å². The van der Waals surface area contributed by atoms with E-state index >= 15 is 0 Å². The van der Waals surface area contributed by atoms with Gasteiger partial charge in [0.25, 0.3) is 5.91 Å². The first-order valence-electron chi connectivity index (χ1n) is 11.5. The van der Waals surface area contributed by atoms with Crippen LogP contribution in [0.1, 0.15) is 24.5 Å². The fourth-order valence-electron chi connectivity index (χ4n) is 3.77. The third kappa shape index (κ3) is 6.51. The molecule has 0 spiro atoms. The van der Waals surface area contributed by atoms with E-state index < -0.39 is 6.61 Å². The lowest BCUT2D eigenvalue weighted by atomic mass is 10.1. The highest BCUT2D eigenvalue weighted by Crippen LogP contribution is 2.36.